The van der Waals surface area contributed by atoms with E-state index in [1.807, 2.05) is 12.1 Å². The molecular formula is C16H15ClN2O3. The van der Waals surface area contributed by atoms with Crippen molar-refractivity contribution in [1.82, 2.24) is 0 Å². The predicted octanol–water partition coefficient (Wildman–Crippen LogP) is 3.49. The van der Waals surface area contributed by atoms with E-state index in [9.17, 15) is 4.79 Å². The summed E-state index contributed by atoms with van der Waals surface area (Å²) in [6, 6.07) is 13.8. The number of carbonyl (C=O) groups excluding carboxylic acids is 1. The molecule has 2 aromatic rings. The molecule has 0 aromatic heterocycles. The first-order valence-corrected chi connectivity index (χ1v) is 7.01. The van der Waals surface area contributed by atoms with Gasteiger partial charge in [-0.1, -0.05) is 12.1 Å². The highest BCUT2D eigenvalue weighted by molar-refractivity contribution is 6.28. The molecule has 0 saturated heterocycles. The van der Waals surface area contributed by atoms with Gasteiger partial charge in [0.1, 0.15) is 17.3 Å². The minimum atomic E-state index is -0.397. The van der Waals surface area contributed by atoms with Gasteiger partial charge in [-0.3, -0.25) is 0 Å². The second-order valence-corrected chi connectivity index (χ2v) is 4.59. The van der Waals surface area contributed by atoms with Crippen LogP contribution in [0.15, 0.2) is 53.5 Å². The molecule has 0 unspecified atom stereocenters. The molecule has 6 heteroatoms. The van der Waals surface area contributed by atoms with Crippen LogP contribution in [0.5, 0.6) is 11.5 Å². The van der Waals surface area contributed by atoms with Crippen LogP contribution in [0.3, 0.4) is 0 Å². The van der Waals surface area contributed by atoms with Crippen molar-refractivity contribution in [2.75, 3.05) is 13.0 Å². The zero-order valence-electron chi connectivity index (χ0n) is 12.0. The SMILES string of the molecule is COC(=O)c1ccc(Oc2ccccc2N=C(N)CCl)cc1. The normalized spacial score (nSPS) is 11.1. The lowest BCUT2D eigenvalue weighted by Crippen LogP contribution is -2.12. The maximum absolute atomic E-state index is 11.4. The Hall–Kier alpha value is -2.53. The average molecular weight is 319 g/mol. The summed E-state index contributed by atoms with van der Waals surface area (Å²) in [6.07, 6.45) is 0. The topological polar surface area (TPSA) is 73.9 Å². The van der Waals surface area contributed by atoms with Crippen LogP contribution in [0.4, 0.5) is 5.69 Å². The van der Waals surface area contributed by atoms with Crippen LogP contribution in [-0.2, 0) is 4.74 Å². The number of amidine groups is 1. The van der Waals surface area contributed by atoms with E-state index in [-0.39, 0.29) is 5.88 Å². The lowest BCUT2D eigenvalue weighted by atomic mass is 10.2. The van der Waals surface area contributed by atoms with E-state index in [0.29, 0.717) is 28.6 Å². The summed E-state index contributed by atoms with van der Waals surface area (Å²) in [5.74, 6) is 1.16. The number of benzene rings is 2. The predicted molar refractivity (Wildman–Crippen MR) is 86.3 cm³/mol. The molecule has 0 aliphatic heterocycles. The second-order valence-electron chi connectivity index (χ2n) is 4.32. The Kier molecular flexibility index (Phi) is 5.38. The first kappa shape index (κ1) is 15.9. The first-order chi connectivity index (χ1) is 10.6. The lowest BCUT2D eigenvalue weighted by molar-refractivity contribution is 0.0600. The number of carbonyl (C=O) groups is 1. The van der Waals surface area contributed by atoms with Crippen molar-refractivity contribution in [3.05, 3.63) is 54.1 Å². The van der Waals surface area contributed by atoms with Crippen molar-refractivity contribution in [3.8, 4) is 11.5 Å². The van der Waals surface area contributed by atoms with Crippen LogP contribution < -0.4 is 10.5 Å². The highest BCUT2D eigenvalue weighted by atomic mass is 35.5. The molecule has 0 saturated carbocycles. The van der Waals surface area contributed by atoms with Crippen molar-refractivity contribution >= 4 is 29.1 Å². The van der Waals surface area contributed by atoms with Gasteiger partial charge < -0.3 is 15.2 Å². The minimum absolute atomic E-state index is 0.141. The number of alkyl halides is 1. The summed E-state index contributed by atoms with van der Waals surface area (Å²) in [6.45, 7) is 0. The van der Waals surface area contributed by atoms with Gasteiger partial charge in [-0.05, 0) is 36.4 Å². The third-order valence-electron chi connectivity index (χ3n) is 2.77. The number of nitrogens with two attached hydrogens (primary N) is 1. The average Bonchev–Trinajstić information content (AvgIpc) is 2.56. The number of hydrogen-bond acceptors (Lipinski definition) is 4. The Balaban J connectivity index is 2.22. The van der Waals surface area contributed by atoms with E-state index >= 15 is 0 Å². The van der Waals surface area contributed by atoms with Gasteiger partial charge in [0.15, 0.2) is 5.75 Å². The third-order valence-corrected chi connectivity index (χ3v) is 3.04. The molecular weight excluding hydrogens is 304 g/mol. The van der Waals surface area contributed by atoms with Gasteiger partial charge in [0, 0.05) is 0 Å². The third kappa shape index (κ3) is 3.99. The number of methoxy groups -OCH3 is 1. The molecule has 0 spiro atoms. The monoisotopic (exact) mass is 318 g/mol. The maximum atomic E-state index is 11.4. The van der Waals surface area contributed by atoms with Crippen LogP contribution >= 0.6 is 11.6 Å². The fraction of sp³-hybridized carbons (Fsp3) is 0.125. The zero-order valence-corrected chi connectivity index (χ0v) is 12.7. The molecule has 2 N–H and O–H groups in total. The first-order valence-electron chi connectivity index (χ1n) is 6.48. The lowest BCUT2D eigenvalue weighted by Gasteiger charge is -2.09. The molecule has 0 radical (unpaired) electrons. The molecule has 0 bridgehead atoms. The fourth-order valence-corrected chi connectivity index (χ4v) is 1.78. The Morgan fingerprint density at radius 2 is 1.86 bits per heavy atom. The van der Waals surface area contributed by atoms with Crippen LogP contribution in [0.1, 0.15) is 10.4 Å². The molecule has 0 aliphatic rings. The van der Waals surface area contributed by atoms with Crippen molar-refractivity contribution in [3.63, 3.8) is 0 Å². The quantitative estimate of drug-likeness (QED) is 0.396. The number of ether oxygens (including phenoxy) is 2. The number of nitrogens with zero attached hydrogens (tertiary/aromatic N) is 1. The van der Waals surface area contributed by atoms with Crippen molar-refractivity contribution < 1.29 is 14.3 Å². The van der Waals surface area contributed by atoms with Crippen LogP contribution in [0, 0.1) is 0 Å². The fourth-order valence-electron chi connectivity index (χ4n) is 1.72. The van der Waals surface area contributed by atoms with E-state index in [1.54, 1.807) is 36.4 Å². The molecule has 2 rings (SSSR count). The second kappa shape index (κ2) is 7.47. The van der Waals surface area contributed by atoms with Crippen LogP contribution in [0.2, 0.25) is 0 Å². The highest BCUT2D eigenvalue weighted by Crippen LogP contribution is 2.31. The van der Waals surface area contributed by atoms with Gasteiger partial charge in [0.2, 0.25) is 0 Å². The number of esters is 1. The van der Waals surface area contributed by atoms with Gasteiger partial charge in [-0.2, -0.15) is 0 Å². The van der Waals surface area contributed by atoms with Gasteiger partial charge >= 0.3 is 5.97 Å². The van der Waals surface area contributed by atoms with E-state index in [0.717, 1.165) is 0 Å². The molecule has 0 atom stereocenters. The largest absolute Gasteiger partial charge is 0.465 e. The number of hydrogen-bond donors (Lipinski definition) is 1. The summed E-state index contributed by atoms with van der Waals surface area (Å²) in [7, 11) is 1.34. The molecule has 2 aromatic carbocycles. The van der Waals surface area contributed by atoms with Gasteiger partial charge in [-0.25, -0.2) is 9.79 Å². The number of halogens is 1. The Bertz CT molecular complexity index is 684. The number of para-hydroxylation sites is 2. The molecule has 5 nitrogen and oxygen atoms in total. The maximum Gasteiger partial charge on any atom is 0.337 e. The van der Waals surface area contributed by atoms with Crippen LogP contribution in [-0.4, -0.2) is 24.8 Å². The molecule has 22 heavy (non-hydrogen) atoms. The van der Waals surface area contributed by atoms with E-state index in [1.165, 1.54) is 7.11 Å². The summed E-state index contributed by atoms with van der Waals surface area (Å²) in [4.78, 5) is 15.6. The molecule has 0 fully saturated rings. The Labute approximate surface area is 133 Å². The Morgan fingerprint density at radius 3 is 2.50 bits per heavy atom. The summed E-state index contributed by atoms with van der Waals surface area (Å²) >= 11 is 5.63. The Morgan fingerprint density at radius 1 is 1.18 bits per heavy atom. The zero-order chi connectivity index (χ0) is 15.9. The highest BCUT2D eigenvalue weighted by Gasteiger charge is 2.07. The van der Waals surface area contributed by atoms with Gasteiger partial charge in [0.25, 0.3) is 0 Å². The van der Waals surface area contributed by atoms with Crippen molar-refractivity contribution in [2.24, 2.45) is 10.7 Å². The molecule has 0 aliphatic carbocycles. The van der Waals surface area contributed by atoms with Gasteiger partial charge in [0.05, 0.1) is 18.6 Å². The minimum Gasteiger partial charge on any atom is -0.465 e. The molecule has 114 valence electrons. The van der Waals surface area contributed by atoms with Crippen molar-refractivity contribution in [1.29, 1.82) is 0 Å². The molecule has 0 heterocycles. The molecule has 0 amide bonds. The smallest absolute Gasteiger partial charge is 0.337 e. The van der Waals surface area contributed by atoms with E-state index in [2.05, 4.69) is 9.73 Å². The summed E-state index contributed by atoms with van der Waals surface area (Å²) in [5, 5.41) is 0. The van der Waals surface area contributed by atoms with Crippen molar-refractivity contribution in [2.45, 2.75) is 0 Å². The number of rotatable bonds is 5. The van der Waals surface area contributed by atoms with Gasteiger partial charge in [-0.15, -0.1) is 11.6 Å². The summed E-state index contributed by atoms with van der Waals surface area (Å²) < 4.78 is 10.4. The van der Waals surface area contributed by atoms with E-state index in [4.69, 9.17) is 22.1 Å². The van der Waals surface area contributed by atoms with E-state index < -0.39 is 5.97 Å². The van der Waals surface area contributed by atoms with Crippen LogP contribution in [0.25, 0.3) is 0 Å². The number of aliphatic imine (C=N–C) groups is 1. The summed E-state index contributed by atoms with van der Waals surface area (Å²) in [5.41, 5.74) is 6.68. The standard InChI is InChI=1S/C16H15ClN2O3/c1-21-16(20)11-6-8-12(9-7-11)22-14-5-3-2-4-13(14)19-15(18)10-17/h2-9H,10H2,1H3,(H2,18,19).